The molecule has 0 saturated heterocycles. The first kappa shape index (κ1) is 23.7. The van der Waals surface area contributed by atoms with Crippen molar-refractivity contribution in [3.05, 3.63) is 52.0 Å². The predicted molar refractivity (Wildman–Crippen MR) is 121 cm³/mol. The van der Waals surface area contributed by atoms with Crippen LogP contribution in [0.15, 0.2) is 40.9 Å². The van der Waals surface area contributed by atoms with Crippen molar-refractivity contribution < 1.29 is 19.1 Å². The maximum absolute atomic E-state index is 12.5. The highest BCUT2D eigenvalue weighted by molar-refractivity contribution is 9.10. The molecule has 2 amide bonds. The van der Waals surface area contributed by atoms with Crippen molar-refractivity contribution in [2.75, 3.05) is 39.7 Å². The maximum Gasteiger partial charge on any atom is 0.238 e. The molecule has 0 aliphatic rings. The molecular weight excluding hydrogens is 450 g/mol. The molecule has 2 rings (SSSR count). The Hall–Kier alpha value is -2.58. The SMILES string of the molecule is COc1ccc(OC)c(C(C)NC(=O)CN(C)CC(=O)Nc2ccc(Br)cc2C)c1. The van der Waals surface area contributed by atoms with Crippen molar-refractivity contribution in [2.24, 2.45) is 0 Å². The fraction of sp³-hybridized carbons (Fsp3) is 0.364. The normalized spacial score (nSPS) is 11.7. The molecule has 2 aromatic carbocycles. The number of nitrogens with zero attached hydrogens (tertiary/aromatic N) is 1. The molecular formula is C22H28BrN3O4. The lowest BCUT2D eigenvalue weighted by Gasteiger charge is -2.21. The zero-order chi connectivity index (χ0) is 22.3. The van der Waals surface area contributed by atoms with Crippen LogP contribution in [0, 0.1) is 6.92 Å². The number of rotatable bonds is 9. The van der Waals surface area contributed by atoms with Crippen LogP contribution in [-0.4, -0.2) is 51.1 Å². The van der Waals surface area contributed by atoms with Gasteiger partial charge in [-0.25, -0.2) is 0 Å². The minimum absolute atomic E-state index is 0.0867. The predicted octanol–water partition coefficient (Wildman–Crippen LogP) is 3.52. The molecule has 2 N–H and O–H groups in total. The van der Waals surface area contributed by atoms with Crippen molar-refractivity contribution >= 4 is 33.4 Å². The number of carbonyl (C=O) groups excluding carboxylic acids is 2. The molecule has 8 heteroatoms. The summed E-state index contributed by atoms with van der Waals surface area (Å²) in [4.78, 5) is 26.4. The van der Waals surface area contributed by atoms with E-state index in [4.69, 9.17) is 9.47 Å². The molecule has 162 valence electrons. The zero-order valence-corrected chi connectivity index (χ0v) is 19.5. The average molecular weight is 478 g/mol. The van der Waals surface area contributed by atoms with Crippen LogP contribution in [-0.2, 0) is 9.59 Å². The van der Waals surface area contributed by atoms with Gasteiger partial charge in [-0.2, -0.15) is 0 Å². The Morgan fingerprint density at radius 3 is 2.40 bits per heavy atom. The van der Waals surface area contributed by atoms with Crippen LogP contribution in [0.2, 0.25) is 0 Å². The number of anilines is 1. The summed E-state index contributed by atoms with van der Waals surface area (Å²) in [7, 11) is 4.90. The van der Waals surface area contributed by atoms with Crippen LogP contribution in [0.4, 0.5) is 5.69 Å². The summed E-state index contributed by atoms with van der Waals surface area (Å²) < 4.78 is 11.6. The van der Waals surface area contributed by atoms with Crippen LogP contribution < -0.4 is 20.1 Å². The molecule has 2 aromatic rings. The number of nitrogens with one attached hydrogen (secondary N) is 2. The molecule has 1 atom stereocenters. The van der Waals surface area contributed by atoms with Gasteiger partial charge in [0, 0.05) is 15.7 Å². The minimum Gasteiger partial charge on any atom is -0.497 e. The van der Waals surface area contributed by atoms with Gasteiger partial charge in [0.2, 0.25) is 11.8 Å². The fourth-order valence-electron chi connectivity index (χ4n) is 3.05. The number of ether oxygens (including phenoxy) is 2. The number of amides is 2. The van der Waals surface area contributed by atoms with E-state index >= 15 is 0 Å². The Kier molecular flexibility index (Phi) is 8.68. The molecule has 0 aliphatic carbocycles. The lowest BCUT2D eigenvalue weighted by atomic mass is 10.1. The van der Waals surface area contributed by atoms with Crippen LogP contribution in [0.3, 0.4) is 0 Å². The first-order chi connectivity index (χ1) is 14.2. The lowest BCUT2D eigenvalue weighted by Crippen LogP contribution is -2.39. The molecule has 7 nitrogen and oxygen atoms in total. The lowest BCUT2D eigenvalue weighted by molar-refractivity contribution is -0.123. The van der Waals surface area contributed by atoms with E-state index in [1.54, 1.807) is 38.3 Å². The number of methoxy groups -OCH3 is 2. The first-order valence-corrected chi connectivity index (χ1v) is 10.3. The van der Waals surface area contributed by atoms with Gasteiger partial charge in [0.15, 0.2) is 0 Å². The quantitative estimate of drug-likeness (QED) is 0.577. The molecule has 0 bridgehead atoms. The number of halogens is 1. The third-order valence-electron chi connectivity index (χ3n) is 4.57. The summed E-state index contributed by atoms with van der Waals surface area (Å²) in [5, 5.41) is 5.81. The number of hydrogen-bond acceptors (Lipinski definition) is 5. The van der Waals surface area contributed by atoms with E-state index in [1.165, 1.54) is 0 Å². The Labute approximate surface area is 185 Å². The van der Waals surface area contributed by atoms with E-state index < -0.39 is 0 Å². The summed E-state index contributed by atoms with van der Waals surface area (Å²) in [6.07, 6.45) is 0. The van der Waals surface area contributed by atoms with Crippen molar-refractivity contribution in [2.45, 2.75) is 19.9 Å². The van der Waals surface area contributed by atoms with E-state index in [0.29, 0.717) is 11.5 Å². The largest absolute Gasteiger partial charge is 0.497 e. The zero-order valence-electron chi connectivity index (χ0n) is 17.9. The minimum atomic E-state index is -0.282. The van der Waals surface area contributed by atoms with E-state index in [2.05, 4.69) is 26.6 Å². The summed E-state index contributed by atoms with van der Waals surface area (Å²) in [5.41, 5.74) is 2.52. The number of hydrogen-bond donors (Lipinski definition) is 2. The van der Waals surface area contributed by atoms with Crippen LogP contribution in [0.25, 0.3) is 0 Å². The molecule has 0 aliphatic heterocycles. The summed E-state index contributed by atoms with van der Waals surface area (Å²) in [6.45, 7) is 3.98. The average Bonchev–Trinajstić information content (AvgIpc) is 2.69. The monoisotopic (exact) mass is 477 g/mol. The topological polar surface area (TPSA) is 79.9 Å². The van der Waals surface area contributed by atoms with Gasteiger partial charge in [-0.3, -0.25) is 14.5 Å². The third-order valence-corrected chi connectivity index (χ3v) is 5.06. The number of aryl methyl sites for hydroxylation is 1. The number of carbonyl (C=O) groups is 2. The Morgan fingerprint density at radius 2 is 1.77 bits per heavy atom. The molecule has 0 aromatic heterocycles. The van der Waals surface area contributed by atoms with Gasteiger partial charge in [-0.1, -0.05) is 15.9 Å². The first-order valence-electron chi connectivity index (χ1n) is 9.49. The smallest absolute Gasteiger partial charge is 0.238 e. The Bertz CT molecular complexity index is 904. The molecule has 0 spiro atoms. The molecule has 1 unspecified atom stereocenters. The van der Waals surface area contributed by atoms with Crippen molar-refractivity contribution in [1.82, 2.24) is 10.2 Å². The highest BCUT2D eigenvalue weighted by Gasteiger charge is 2.17. The van der Waals surface area contributed by atoms with Gasteiger partial charge < -0.3 is 20.1 Å². The van der Waals surface area contributed by atoms with E-state index in [9.17, 15) is 9.59 Å². The molecule has 0 fully saturated rings. The number of benzene rings is 2. The highest BCUT2D eigenvalue weighted by Crippen LogP contribution is 2.29. The molecule has 0 heterocycles. The standard InChI is InChI=1S/C22H28BrN3O4/c1-14-10-16(23)6-8-19(14)25-22(28)13-26(3)12-21(27)24-15(2)18-11-17(29-4)7-9-20(18)30-5/h6-11,15H,12-13H2,1-5H3,(H,24,27)(H,25,28). The van der Waals surface area contributed by atoms with Crippen LogP contribution >= 0.6 is 15.9 Å². The van der Waals surface area contributed by atoms with Gasteiger partial charge in [0.05, 0.1) is 33.4 Å². The van der Waals surface area contributed by atoms with Crippen molar-refractivity contribution in [3.8, 4) is 11.5 Å². The molecule has 0 saturated carbocycles. The highest BCUT2D eigenvalue weighted by atomic mass is 79.9. The van der Waals surface area contributed by atoms with Gasteiger partial charge in [0.25, 0.3) is 0 Å². The summed E-state index contributed by atoms with van der Waals surface area (Å²) in [5.74, 6) is 0.978. The Balaban J connectivity index is 1.90. The van der Waals surface area contributed by atoms with E-state index in [0.717, 1.165) is 21.3 Å². The summed E-state index contributed by atoms with van der Waals surface area (Å²) in [6, 6.07) is 10.8. The van der Waals surface area contributed by atoms with Gasteiger partial charge in [-0.15, -0.1) is 0 Å². The Morgan fingerprint density at radius 1 is 1.07 bits per heavy atom. The van der Waals surface area contributed by atoms with Gasteiger partial charge in [0.1, 0.15) is 11.5 Å². The second-order valence-electron chi connectivity index (χ2n) is 7.08. The van der Waals surface area contributed by atoms with Crippen LogP contribution in [0.1, 0.15) is 24.1 Å². The molecule has 30 heavy (non-hydrogen) atoms. The van der Waals surface area contributed by atoms with Gasteiger partial charge in [-0.05, 0) is 62.9 Å². The maximum atomic E-state index is 12.5. The molecule has 0 radical (unpaired) electrons. The second kappa shape index (κ2) is 11.0. The van der Waals surface area contributed by atoms with Crippen LogP contribution in [0.5, 0.6) is 11.5 Å². The summed E-state index contributed by atoms with van der Waals surface area (Å²) >= 11 is 3.40. The van der Waals surface area contributed by atoms with E-state index in [-0.39, 0.29) is 30.9 Å². The van der Waals surface area contributed by atoms with Crippen molar-refractivity contribution in [3.63, 3.8) is 0 Å². The van der Waals surface area contributed by atoms with Gasteiger partial charge >= 0.3 is 0 Å². The number of likely N-dealkylation sites (N-methyl/N-ethyl adjacent to an activating group) is 1. The second-order valence-corrected chi connectivity index (χ2v) is 7.99. The van der Waals surface area contributed by atoms with Crippen molar-refractivity contribution in [1.29, 1.82) is 0 Å². The third kappa shape index (κ3) is 6.74. The van der Waals surface area contributed by atoms with E-state index in [1.807, 2.05) is 38.1 Å². The fourth-order valence-corrected chi connectivity index (χ4v) is 3.52.